The summed E-state index contributed by atoms with van der Waals surface area (Å²) in [5, 5.41) is -0.346. The van der Waals surface area contributed by atoms with Crippen molar-refractivity contribution in [1.29, 1.82) is 0 Å². The first kappa shape index (κ1) is 36.7. The first-order valence-electron chi connectivity index (χ1n) is 15.9. The van der Waals surface area contributed by atoms with Gasteiger partial charge in [0.15, 0.2) is 0 Å². The molecule has 6 heteroatoms. The van der Waals surface area contributed by atoms with Crippen molar-refractivity contribution in [3.8, 4) is 0 Å². The van der Waals surface area contributed by atoms with E-state index in [1.54, 1.807) is 7.11 Å². The van der Waals surface area contributed by atoms with Crippen molar-refractivity contribution in [3.05, 3.63) is 120 Å². The van der Waals surface area contributed by atoms with Crippen LogP contribution in [0, 0.1) is 12.5 Å². The van der Waals surface area contributed by atoms with Crippen LogP contribution in [0.5, 0.6) is 0 Å². The molecule has 0 radical (unpaired) electrons. The Bertz CT molecular complexity index is 1230. The smallest absolute Gasteiger partial charge is 0.0752 e. The molecule has 0 heterocycles. The second kappa shape index (κ2) is 18.4. The van der Waals surface area contributed by atoms with Crippen LogP contribution in [0.4, 0.5) is 0 Å². The summed E-state index contributed by atoms with van der Waals surface area (Å²) >= 11 is 0. The predicted octanol–water partition coefficient (Wildman–Crippen LogP) is 6.83. The summed E-state index contributed by atoms with van der Waals surface area (Å²) in [6, 6.07) is 22.0. The van der Waals surface area contributed by atoms with Crippen LogP contribution in [-0.4, -0.2) is 30.9 Å². The monoisotopic (exact) mass is 722 g/mol. The van der Waals surface area contributed by atoms with Gasteiger partial charge in [0.05, 0.1) is 12.5 Å². The van der Waals surface area contributed by atoms with Gasteiger partial charge in [0.1, 0.15) is 0 Å². The van der Waals surface area contributed by atoms with Gasteiger partial charge >= 0.3 is 0 Å². The Kier molecular flexibility index (Phi) is 15.4. The number of rotatable bonds is 7. The number of methoxy groups -OCH3 is 2. The molecule has 1 unspecified atom stereocenters. The SMILES string of the molecule is COC1=C(c2ccccc2)C(OC)(P(C2CCCCC2)C2CCCCC2)[CH-]C=C1.N[C-]1CC=CC=C1c1ccccc1.[Cl-].[Pd]. The molecule has 0 aromatic heterocycles. The van der Waals surface area contributed by atoms with Gasteiger partial charge < -0.3 is 27.6 Å². The van der Waals surface area contributed by atoms with Crippen molar-refractivity contribution >= 4 is 19.1 Å². The third-order valence-electron chi connectivity index (χ3n) is 9.26. The molecule has 2 saturated carbocycles. The molecule has 2 N–H and O–H groups in total. The Morgan fingerprint density at radius 2 is 1.36 bits per heavy atom. The van der Waals surface area contributed by atoms with Gasteiger partial charge in [-0.3, -0.25) is 0 Å². The number of benzene rings is 2. The molecule has 242 valence electrons. The van der Waals surface area contributed by atoms with E-state index in [-0.39, 0.29) is 46.1 Å². The van der Waals surface area contributed by atoms with E-state index in [1.807, 2.05) is 25.3 Å². The van der Waals surface area contributed by atoms with Crippen LogP contribution in [-0.2, 0) is 29.9 Å². The minimum atomic E-state index is -0.362. The fraction of sp³-hybridized carbons (Fsp3) is 0.421. The Morgan fingerprint density at radius 3 is 1.86 bits per heavy atom. The van der Waals surface area contributed by atoms with Crippen molar-refractivity contribution in [2.75, 3.05) is 14.2 Å². The van der Waals surface area contributed by atoms with Crippen molar-refractivity contribution in [2.24, 2.45) is 5.73 Å². The van der Waals surface area contributed by atoms with Crippen molar-refractivity contribution in [2.45, 2.75) is 87.3 Å². The van der Waals surface area contributed by atoms with E-state index in [9.17, 15) is 0 Å². The van der Waals surface area contributed by atoms with Crippen LogP contribution in [0.25, 0.3) is 11.1 Å². The fourth-order valence-electron chi connectivity index (χ4n) is 7.26. The topological polar surface area (TPSA) is 44.5 Å². The van der Waals surface area contributed by atoms with Gasteiger partial charge in [-0.15, -0.1) is 35.9 Å². The second-order valence-electron chi connectivity index (χ2n) is 11.8. The van der Waals surface area contributed by atoms with E-state index < -0.39 is 0 Å². The van der Waals surface area contributed by atoms with Crippen LogP contribution in [0.3, 0.4) is 0 Å². The van der Waals surface area contributed by atoms with E-state index in [2.05, 4.69) is 79.3 Å². The first-order valence-corrected chi connectivity index (χ1v) is 17.4. The van der Waals surface area contributed by atoms with Gasteiger partial charge in [0.2, 0.25) is 0 Å². The maximum Gasteiger partial charge on any atom is 0.0752 e. The molecule has 0 bridgehead atoms. The van der Waals surface area contributed by atoms with Gasteiger partial charge in [0.25, 0.3) is 0 Å². The summed E-state index contributed by atoms with van der Waals surface area (Å²) in [5.41, 5.74) is 12.3. The average molecular weight is 724 g/mol. The van der Waals surface area contributed by atoms with E-state index in [1.165, 1.54) is 80.9 Å². The van der Waals surface area contributed by atoms with Gasteiger partial charge in [-0.05, 0) is 49.0 Å². The van der Waals surface area contributed by atoms with Crippen molar-refractivity contribution in [1.82, 2.24) is 0 Å². The third-order valence-corrected chi connectivity index (χ3v) is 13.2. The van der Waals surface area contributed by atoms with Crippen LogP contribution >= 0.6 is 7.92 Å². The molecule has 6 rings (SSSR count). The third kappa shape index (κ3) is 8.53. The molecular weight excluding hydrogens is 675 g/mol. The second-order valence-corrected chi connectivity index (χ2v) is 14.8. The molecule has 4 aliphatic carbocycles. The standard InChI is InChI=1S/C26H36O2P.C12H12N.ClH.Pd/c1-27-24-19-12-20-26(28-2,25(24)21-13-6-3-7-14-21)29(22-15-8-4-9-16-22)23-17-10-5-11-18-23;13-12-9-5-4-8-11(12)10-6-2-1-3-7-10;;/h3,6-7,12-14,19-20,22-23H,4-5,8-11,15-18H2,1-2H3;1-8H,9,13H2;1H;/q2*-1;;/p-1. The molecule has 0 saturated heterocycles. The molecule has 0 amide bonds. The molecule has 2 aromatic rings. The maximum absolute atomic E-state index is 6.63. The minimum absolute atomic E-state index is 0. The van der Waals surface area contributed by atoms with E-state index >= 15 is 0 Å². The summed E-state index contributed by atoms with van der Waals surface area (Å²) in [7, 11) is 3.38. The van der Waals surface area contributed by atoms with Gasteiger partial charge in [-0.1, -0.05) is 95.0 Å². The van der Waals surface area contributed by atoms with E-state index in [0.717, 1.165) is 35.1 Å². The number of halogens is 1. The number of hydrogen-bond donors (Lipinski definition) is 1. The Labute approximate surface area is 287 Å². The number of nitrogens with two attached hydrogens (primary N) is 1. The first-order chi connectivity index (χ1) is 20.7. The summed E-state index contributed by atoms with van der Waals surface area (Å²) in [4.78, 5) is 0. The summed E-state index contributed by atoms with van der Waals surface area (Å²) in [6.07, 6.45) is 27.6. The summed E-state index contributed by atoms with van der Waals surface area (Å²) in [6.45, 7) is 0. The fourth-order valence-corrected chi connectivity index (χ4v) is 11.7. The largest absolute Gasteiger partial charge is 1.00 e. The Morgan fingerprint density at radius 1 is 0.818 bits per heavy atom. The van der Waals surface area contributed by atoms with E-state index in [0.29, 0.717) is 0 Å². The molecule has 2 aromatic carbocycles. The molecule has 1 atom stereocenters. The average Bonchev–Trinajstić information content (AvgIpc) is 3.07. The quantitative estimate of drug-likeness (QED) is 0.194. The summed E-state index contributed by atoms with van der Waals surface area (Å²) in [5.74, 6) is 0.972. The zero-order valence-electron chi connectivity index (χ0n) is 26.2. The Balaban J connectivity index is 0.000000297. The van der Waals surface area contributed by atoms with E-state index in [4.69, 9.17) is 15.2 Å². The summed E-state index contributed by atoms with van der Waals surface area (Å²) < 4.78 is 12.6. The van der Waals surface area contributed by atoms with Gasteiger partial charge in [-0.25, -0.2) is 6.08 Å². The van der Waals surface area contributed by atoms with Crippen molar-refractivity contribution < 1.29 is 42.3 Å². The zero-order valence-corrected chi connectivity index (χ0v) is 29.4. The van der Waals surface area contributed by atoms with Crippen molar-refractivity contribution in [3.63, 3.8) is 0 Å². The van der Waals surface area contributed by atoms with Gasteiger partial charge in [0, 0.05) is 38.9 Å². The number of ether oxygens (including phenoxy) is 2. The molecule has 2 fully saturated rings. The molecule has 0 aliphatic heterocycles. The molecular formula is C38H48ClNO2PPd-3. The number of hydrogen-bond acceptors (Lipinski definition) is 3. The van der Waals surface area contributed by atoms with Crippen LogP contribution in [0.2, 0.25) is 0 Å². The Hall–Kier alpha value is -1.76. The molecule has 0 spiro atoms. The van der Waals surface area contributed by atoms with Crippen LogP contribution in [0.15, 0.2) is 96.8 Å². The maximum atomic E-state index is 6.63. The minimum Gasteiger partial charge on any atom is -1.00 e. The zero-order chi connectivity index (χ0) is 29.2. The number of allylic oxidation sites excluding steroid dienone is 3. The van der Waals surface area contributed by atoms with Crippen LogP contribution in [0.1, 0.15) is 81.8 Å². The predicted molar refractivity (Wildman–Crippen MR) is 180 cm³/mol. The molecule has 44 heavy (non-hydrogen) atoms. The normalized spacial score (nSPS) is 22.2. The van der Waals surface area contributed by atoms with Gasteiger partial charge in [-0.2, -0.15) is 24.1 Å². The molecule has 3 nitrogen and oxygen atoms in total. The molecule has 4 aliphatic rings. The van der Waals surface area contributed by atoms with Crippen LogP contribution < -0.4 is 18.1 Å².